The number of benzene rings is 2. The number of carbonyl (C=O) groups is 4. The molecule has 7 nitrogen and oxygen atoms in total. The molecule has 1 saturated heterocycles. The summed E-state index contributed by atoms with van der Waals surface area (Å²) in [6.45, 7) is 0.850. The quantitative estimate of drug-likeness (QED) is 0.730. The summed E-state index contributed by atoms with van der Waals surface area (Å²) in [5, 5.41) is 0. The lowest BCUT2D eigenvalue weighted by Crippen LogP contribution is -2.47. The van der Waals surface area contributed by atoms with E-state index in [-0.39, 0.29) is 12.5 Å². The maximum atomic E-state index is 13.1. The van der Waals surface area contributed by atoms with E-state index in [1.807, 2.05) is 6.07 Å². The van der Waals surface area contributed by atoms with Gasteiger partial charge < -0.3 is 9.80 Å². The molecule has 0 saturated carbocycles. The Kier molecular flexibility index (Phi) is 5.12. The number of hydrogen-bond acceptors (Lipinski definition) is 4. The fourth-order valence-corrected chi connectivity index (χ4v) is 3.74. The highest BCUT2D eigenvalue weighted by Crippen LogP contribution is 2.23. The van der Waals surface area contributed by atoms with Crippen LogP contribution >= 0.6 is 0 Å². The fourth-order valence-electron chi connectivity index (χ4n) is 3.74. The summed E-state index contributed by atoms with van der Waals surface area (Å²) < 4.78 is 0. The van der Waals surface area contributed by atoms with E-state index in [0.717, 1.165) is 17.7 Å². The molecule has 0 N–H and O–H groups in total. The number of nitrogens with zero attached hydrogens (tertiary/aromatic N) is 3. The molecule has 0 bridgehead atoms. The van der Waals surface area contributed by atoms with Gasteiger partial charge in [0.25, 0.3) is 11.8 Å². The van der Waals surface area contributed by atoms with Crippen LogP contribution in [0, 0.1) is 0 Å². The third kappa shape index (κ3) is 3.63. The number of rotatable bonds is 5. The van der Waals surface area contributed by atoms with Crippen molar-refractivity contribution in [1.29, 1.82) is 0 Å². The molecule has 2 aliphatic heterocycles. The van der Waals surface area contributed by atoms with E-state index in [0.29, 0.717) is 29.9 Å². The molecule has 0 radical (unpaired) electrons. The predicted octanol–water partition coefficient (Wildman–Crippen LogP) is 1.94. The average molecular weight is 391 g/mol. The average Bonchev–Trinajstić information content (AvgIpc) is 3.37. The monoisotopic (exact) mass is 391 g/mol. The minimum absolute atomic E-state index is 0.119. The second-order valence-electron chi connectivity index (χ2n) is 7.15. The van der Waals surface area contributed by atoms with Crippen LogP contribution in [0.5, 0.6) is 0 Å². The van der Waals surface area contributed by atoms with Gasteiger partial charge in [-0.3, -0.25) is 24.1 Å². The number of para-hydroxylation sites is 1. The minimum atomic E-state index is -0.488. The molecule has 2 aromatic rings. The standard InChI is InChI=1S/C22H21N3O4/c26-19(23-12-6-7-13-23)14-24(16-8-2-1-3-9-16)20(27)15-25-21(28)17-10-4-5-11-18(17)22(25)29/h1-5,8-11H,6-7,12-15H2. The first-order chi connectivity index (χ1) is 14.1. The molecule has 2 heterocycles. The molecular weight excluding hydrogens is 370 g/mol. The Labute approximate surface area is 168 Å². The molecule has 7 heteroatoms. The van der Waals surface area contributed by atoms with Gasteiger partial charge in [0.15, 0.2) is 0 Å². The van der Waals surface area contributed by atoms with Gasteiger partial charge in [0, 0.05) is 18.8 Å². The van der Waals surface area contributed by atoms with Gasteiger partial charge in [0.2, 0.25) is 11.8 Å². The first-order valence-electron chi connectivity index (χ1n) is 9.64. The molecule has 4 amide bonds. The van der Waals surface area contributed by atoms with Crippen LogP contribution in [0.3, 0.4) is 0 Å². The number of carbonyl (C=O) groups excluding carboxylic acids is 4. The number of fused-ring (bicyclic) bond motifs is 1. The first kappa shape index (κ1) is 18.9. The molecule has 0 spiro atoms. The van der Waals surface area contributed by atoms with Gasteiger partial charge in [0.1, 0.15) is 13.1 Å². The van der Waals surface area contributed by atoms with E-state index in [9.17, 15) is 19.2 Å². The van der Waals surface area contributed by atoms with Crippen LogP contribution in [0.1, 0.15) is 33.6 Å². The van der Waals surface area contributed by atoms with Crippen molar-refractivity contribution in [2.75, 3.05) is 31.1 Å². The van der Waals surface area contributed by atoms with Crippen LogP contribution in [-0.2, 0) is 9.59 Å². The number of anilines is 1. The highest BCUT2D eigenvalue weighted by atomic mass is 16.2. The number of hydrogen-bond donors (Lipinski definition) is 0. The molecule has 0 atom stereocenters. The van der Waals surface area contributed by atoms with Crippen molar-refractivity contribution in [2.45, 2.75) is 12.8 Å². The largest absolute Gasteiger partial charge is 0.341 e. The summed E-state index contributed by atoms with van der Waals surface area (Å²) in [6, 6.07) is 15.3. The van der Waals surface area contributed by atoms with E-state index in [2.05, 4.69) is 0 Å². The van der Waals surface area contributed by atoms with Crippen LogP contribution in [0.2, 0.25) is 0 Å². The second-order valence-corrected chi connectivity index (χ2v) is 7.15. The predicted molar refractivity (Wildman–Crippen MR) is 106 cm³/mol. The molecular formula is C22H21N3O4. The van der Waals surface area contributed by atoms with Crippen molar-refractivity contribution in [2.24, 2.45) is 0 Å². The van der Waals surface area contributed by atoms with Crippen molar-refractivity contribution in [3.05, 3.63) is 65.7 Å². The van der Waals surface area contributed by atoms with Crippen molar-refractivity contribution in [3.8, 4) is 0 Å². The fraction of sp³-hybridized carbons (Fsp3) is 0.273. The molecule has 29 heavy (non-hydrogen) atoms. The smallest absolute Gasteiger partial charge is 0.262 e. The van der Waals surface area contributed by atoms with Gasteiger partial charge in [-0.2, -0.15) is 0 Å². The first-order valence-corrected chi connectivity index (χ1v) is 9.64. The highest BCUT2D eigenvalue weighted by molar-refractivity contribution is 6.22. The van der Waals surface area contributed by atoms with Crippen LogP contribution < -0.4 is 4.90 Å². The summed E-state index contributed by atoms with van der Waals surface area (Å²) in [4.78, 5) is 55.0. The van der Waals surface area contributed by atoms with Crippen molar-refractivity contribution in [1.82, 2.24) is 9.80 Å². The van der Waals surface area contributed by atoms with E-state index >= 15 is 0 Å². The zero-order valence-corrected chi connectivity index (χ0v) is 15.9. The van der Waals surface area contributed by atoms with E-state index in [4.69, 9.17) is 0 Å². The maximum absolute atomic E-state index is 13.1. The van der Waals surface area contributed by atoms with Crippen molar-refractivity contribution in [3.63, 3.8) is 0 Å². The minimum Gasteiger partial charge on any atom is -0.341 e. The molecule has 0 aromatic heterocycles. The van der Waals surface area contributed by atoms with Crippen molar-refractivity contribution >= 4 is 29.3 Å². The van der Waals surface area contributed by atoms with Crippen molar-refractivity contribution < 1.29 is 19.2 Å². The second kappa shape index (κ2) is 7.87. The molecule has 0 aliphatic carbocycles. The van der Waals surface area contributed by atoms with Gasteiger partial charge >= 0.3 is 0 Å². The summed E-state index contributed by atoms with van der Waals surface area (Å²) in [7, 11) is 0. The van der Waals surface area contributed by atoms with Gasteiger partial charge in [-0.1, -0.05) is 30.3 Å². The van der Waals surface area contributed by atoms with Gasteiger partial charge in [0.05, 0.1) is 11.1 Å². The van der Waals surface area contributed by atoms with E-state index < -0.39 is 24.3 Å². The molecule has 0 unspecified atom stereocenters. The lowest BCUT2D eigenvalue weighted by atomic mass is 10.1. The third-order valence-electron chi connectivity index (χ3n) is 5.29. The number of likely N-dealkylation sites (tertiary alicyclic amines) is 1. The normalized spacial score (nSPS) is 15.6. The Morgan fingerprint density at radius 3 is 1.97 bits per heavy atom. The van der Waals surface area contributed by atoms with Crippen LogP contribution in [0.15, 0.2) is 54.6 Å². The summed E-state index contributed by atoms with van der Waals surface area (Å²) >= 11 is 0. The Hall–Kier alpha value is -3.48. The highest BCUT2D eigenvalue weighted by Gasteiger charge is 2.37. The van der Waals surface area contributed by atoms with Crippen LogP contribution in [-0.4, -0.2) is 59.6 Å². The van der Waals surface area contributed by atoms with Gasteiger partial charge in [-0.05, 0) is 37.1 Å². The van der Waals surface area contributed by atoms with Gasteiger partial charge in [-0.15, -0.1) is 0 Å². The van der Waals surface area contributed by atoms with E-state index in [1.54, 1.807) is 53.4 Å². The van der Waals surface area contributed by atoms with E-state index in [1.165, 1.54) is 4.90 Å². The lowest BCUT2D eigenvalue weighted by molar-refractivity contribution is -0.130. The topological polar surface area (TPSA) is 78.0 Å². The Bertz CT molecular complexity index is 932. The van der Waals surface area contributed by atoms with Crippen LogP contribution in [0.25, 0.3) is 0 Å². The third-order valence-corrected chi connectivity index (χ3v) is 5.29. The molecule has 148 valence electrons. The van der Waals surface area contributed by atoms with Crippen LogP contribution in [0.4, 0.5) is 5.69 Å². The zero-order valence-electron chi connectivity index (χ0n) is 15.9. The Morgan fingerprint density at radius 2 is 1.38 bits per heavy atom. The molecule has 1 fully saturated rings. The molecule has 2 aliphatic rings. The molecule has 4 rings (SSSR count). The summed E-state index contributed by atoms with van der Waals surface area (Å²) in [5.74, 6) is -1.59. The summed E-state index contributed by atoms with van der Waals surface area (Å²) in [6.07, 6.45) is 1.92. The Morgan fingerprint density at radius 1 is 0.828 bits per heavy atom. The zero-order chi connectivity index (χ0) is 20.4. The molecule has 2 aromatic carbocycles. The number of imide groups is 1. The Balaban J connectivity index is 1.55. The summed E-state index contributed by atoms with van der Waals surface area (Å²) in [5.41, 5.74) is 1.15. The maximum Gasteiger partial charge on any atom is 0.262 e. The lowest BCUT2D eigenvalue weighted by Gasteiger charge is -2.26. The van der Waals surface area contributed by atoms with Gasteiger partial charge in [-0.25, -0.2) is 0 Å². The number of amides is 4. The SMILES string of the molecule is O=C(CN(C(=O)CN1C(=O)c2ccccc2C1=O)c1ccccc1)N1CCCC1.